The second kappa shape index (κ2) is 6.07. The van der Waals surface area contributed by atoms with Crippen LogP contribution >= 0.6 is 39.9 Å². The molecule has 0 radical (unpaired) electrons. The van der Waals surface area contributed by atoms with Gasteiger partial charge in [0.25, 0.3) is 5.91 Å². The van der Waals surface area contributed by atoms with Crippen molar-refractivity contribution in [1.29, 1.82) is 0 Å². The quantitative estimate of drug-likeness (QED) is 0.546. The van der Waals surface area contributed by atoms with Crippen LogP contribution < -0.4 is 0 Å². The minimum atomic E-state index is -3.05. The van der Waals surface area contributed by atoms with Crippen molar-refractivity contribution in [3.05, 3.63) is 39.2 Å². The lowest BCUT2D eigenvalue weighted by molar-refractivity contribution is -0.123. The fourth-order valence-electron chi connectivity index (χ4n) is 2.48. The number of hydrogen-bond acceptors (Lipinski definition) is 5. The smallest absolute Gasteiger partial charge is 0.266 e. The van der Waals surface area contributed by atoms with Gasteiger partial charge in [-0.2, -0.15) is 0 Å². The monoisotopic (exact) mass is 417 g/mol. The fourth-order valence-corrected chi connectivity index (χ4v) is 5.85. The lowest BCUT2D eigenvalue weighted by Crippen LogP contribution is -2.39. The van der Waals surface area contributed by atoms with E-state index < -0.39 is 9.84 Å². The fraction of sp³-hybridized carbons (Fsp3) is 0.286. The Bertz CT molecular complexity index is 771. The Morgan fingerprint density at radius 3 is 2.59 bits per heavy atom. The van der Waals surface area contributed by atoms with E-state index >= 15 is 0 Å². The number of carbonyl (C=O) groups excluding carboxylic acids is 1. The Morgan fingerprint density at radius 1 is 1.32 bits per heavy atom. The zero-order valence-corrected chi connectivity index (χ0v) is 15.4. The number of halogens is 1. The first-order valence-electron chi connectivity index (χ1n) is 6.59. The highest BCUT2D eigenvalue weighted by atomic mass is 79.9. The molecule has 0 saturated carbocycles. The van der Waals surface area contributed by atoms with Gasteiger partial charge in [0.1, 0.15) is 4.32 Å². The van der Waals surface area contributed by atoms with Crippen molar-refractivity contribution in [1.82, 2.24) is 4.90 Å². The molecule has 0 spiro atoms. The van der Waals surface area contributed by atoms with E-state index in [1.807, 2.05) is 24.3 Å². The van der Waals surface area contributed by atoms with E-state index in [1.165, 1.54) is 16.7 Å². The summed E-state index contributed by atoms with van der Waals surface area (Å²) in [5.74, 6) is -0.0640. The van der Waals surface area contributed by atoms with Gasteiger partial charge in [-0.15, -0.1) is 0 Å². The lowest BCUT2D eigenvalue weighted by atomic mass is 10.2. The van der Waals surface area contributed by atoms with Gasteiger partial charge in [-0.3, -0.25) is 9.69 Å². The second-order valence-electron chi connectivity index (χ2n) is 5.16. The number of rotatable bonds is 2. The predicted molar refractivity (Wildman–Crippen MR) is 96.2 cm³/mol. The van der Waals surface area contributed by atoms with Crippen molar-refractivity contribution in [3.8, 4) is 0 Å². The summed E-state index contributed by atoms with van der Waals surface area (Å²) in [6, 6.07) is 7.27. The van der Waals surface area contributed by atoms with Gasteiger partial charge in [-0.25, -0.2) is 8.42 Å². The van der Waals surface area contributed by atoms with Gasteiger partial charge in [-0.1, -0.05) is 52.0 Å². The third-order valence-corrected chi connectivity index (χ3v) is 7.17. The first-order valence-corrected chi connectivity index (χ1v) is 10.4. The second-order valence-corrected chi connectivity index (χ2v) is 9.98. The highest BCUT2D eigenvalue weighted by molar-refractivity contribution is 9.10. The Hall–Kier alpha value is -0.700. The van der Waals surface area contributed by atoms with Gasteiger partial charge in [0, 0.05) is 4.47 Å². The van der Waals surface area contributed by atoms with Gasteiger partial charge < -0.3 is 0 Å². The Balaban J connectivity index is 1.84. The van der Waals surface area contributed by atoms with Gasteiger partial charge in [0.05, 0.1) is 22.5 Å². The number of carbonyl (C=O) groups is 1. The number of thioether (sulfide) groups is 1. The summed E-state index contributed by atoms with van der Waals surface area (Å²) in [5.41, 5.74) is 0.905. The molecular formula is C14H12BrNO3S3. The van der Waals surface area contributed by atoms with Crippen LogP contribution in [-0.4, -0.2) is 41.1 Å². The first kappa shape index (κ1) is 16.2. The summed E-state index contributed by atoms with van der Waals surface area (Å²) in [6.45, 7) is 0. The highest BCUT2D eigenvalue weighted by Gasteiger charge is 2.41. The van der Waals surface area contributed by atoms with Crippen molar-refractivity contribution in [2.75, 3.05) is 11.5 Å². The standard InChI is InChI=1S/C14H12BrNO3S3/c15-10-3-1-9(2-4-10)7-12-13(17)16(14(20)21-12)11-5-6-22(18,19)8-11/h1-4,7,11H,5-6,8H2/b12-7-/t11-/m0/s1. The molecule has 0 unspecified atom stereocenters. The third kappa shape index (κ3) is 3.29. The van der Waals surface area contributed by atoms with Crippen LogP contribution in [0.4, 0.5) is 0 Å². The van der Waals surface area contributed by atoms with Gasteiger partial charge >= 0.3 is 0 Å². The predicted octanol–water partition coefficient (Wildman–Crippen LogP) is 2.84. The average Bonchev–Trinajstić information content (AvgIpc) is 2.93. The minimum absolute atomic E-state index is 0.00496. The van der Waals surface area contributed by atoms with E-state index in [2.05, 4.69) is 15.9 Å². The highest BCUT2D eigenvalue weighted by Crippen LogP contribution is 2.36. The Kier molecular flexibility index (Phi) is 4.46. The molecule has 0 aliphatic carbocycles. The summed E-state index contributed by atoms with van der Waals surface area (Å²) < 4.78 is 24.6. The van der Waals surface area contributed by atoms with Crippen LogP contribution in [0.1, 0.15) is 12.0 Å². The summed E-state index contributed by atoms with van der Waals surface area (Å²) >= 11 is 9.86. The molecule has 0 bridgehead atoms. The topological polar surface area (TPSA) is 54.5 Å². The molecule has 2 saturated heterocycles. The zero-order valence-electron chi connectivity index (χ0n) is 11.4. The molecule has 2 fully saturated rings. The third-order valence-electron chi connectivity index (χ3n) is 3.56. The van der Waals surface area contributed by atoms with E-state index in [4.69, 9.17) is 12.2 Å². The number of nitrogens with zero attached hydrogens (tertiary/aromatic N) is 1. The van der Waals surface area contributed by atoms with E-state index in [0.717, 1.165) is 10.0 Å². The molecule has 1 aromatic carbocycles. The van der Waals surface area contributed by atoms with Crippen molar-refractivity contribution < 1.29 is 13.2 Å². The number of benzene rings is 1. The minimum Gasteiger partial charge on any atom is -0.289 e. The summed E-state index contributed by atoms with van der Waals surface area (Å²) in [6.07, 6.45) is 2.25. The van der Waals surface area contributed by atoms with Crippen molar-refractivity contribution >= 4 is 66.1 Å². The first-order chi connectivity index (χ1) is 10.4. The average molecular weight is 418 g/mol. The van der Waals surface area contributed by atoms with Crippen LogP contribution in [0.3, 0.4) is 0 Å². The maximum Gasteiger partial charge on any atom is 0.266 e. The molecule has 2 aliphatic heterocycles. The largest absolute Gasteiger partial charge is 0.289 e. The number of thiocarbonyl (C=S) groups is 1. The molecule has 3 rings (SSSR count). The Labute approximate surface area is 147 Å². The molecule has 8 heteroatoms. The molecule has 1 aromatic rings. The van der Waals surface area contributed by atoms with Crippen LogP contribution in [0.5, 0.6) is 0 Å². The number of amides is 1. The van der Waals surface area contributed by atoms with E-state index in [9.17, 15) is 13.2 Å². The molecule has 116 valence electrons. The maximum absolute atomic E-state index is 12.5. The Morgan fingerprint density at radius 2 is 2.00 bits per heavy atom. The summed E-state index contributed by atoms with van der Waals surface area (Å²) in [7, 11) is -3.05. The van der Waals surface area contributed by atoms with Crippen molar-refractivity contribution in [2.24, 2.45) is 0 Å². The van der Waals surface area contributed by atoms with Crippen LogP contribution in [0.15, 0.2) is 33.6 Å². The SMILES string of the molecule is O=C1/C(=C/c2ccc(Br)cc2)SC(=S)N1[C@H]1CCS(=O)(=O)C1. The molecule has 2 heterocycles. The van der Waals surface area contributed by atoms with Crippen LogP contribution in [0.2, 0.25) is 0 Å². The van der Waals surface area contributed by atoms with Gasteiger partial charge in [0.15, 0.2) is 9.84 Å². The van der Waals surface area contributed by atoms with Gasteiger partial charge in [-0.05, 0) is 30.2 Å². The number of hydrogen-bond donors (Lipinski definition) is 0. The zero-order chi connectivity index (χ0) is 15.9. The molecule has 1 atom stereocenters. The summed E-state index contributed by atoms with van der Waals surface area (Å²) in [5, 5.41) is 0. The lowest BCUT2D eigenvalue weighted by Gasteiger charge is -2.20. The van der Waals surface area contributed by atoms with E-state index in [0.29, 0.717) is 15.6 Å². The molecule has 4 nitrogen and oxygen atoms in total. The number of sulfone groups is 1. The maximum atomic E-state index is 12.5. The molecule has 2 aliphatic rings. The normalized spacial score (nSPS) is 26.1. The van der Waals surface area contributed by atoms with Gasteiger partial charge in [0.2, 0.25) is 0 Å². The molecule has 1 amide bonds. The van der Waals surface area contributed by atoms with Crippen molar-refractivity contribution in [3.63, 3.8) is 0 Å². The van der Waals surface area contributed by atoms with Crippen LogP contribution in [0, 0.1) is 0 Å². The van der Waals surface area contributed by atoms with Crippen molar-refractivity contribution in [2.45, 2.75) is 12.5 Å². The molecule has 0 aromatic heterocycles. The van der Waals surface area contributed by atoms with E-state index in [-0.39, 0.29) is 23.5 Å². The molecular weight excluding hydrogens is 406 g/mol. The molecule has 0 N–H and O–H groups in total. The summed E-state index contributed by atoms with van der Waals surface area (Å²) in [4.78, 5) is 14.5. The van der Waals surface area contributed by atoms with Crippen LogP contribution in [0.25, 0.3) is 6.08 Å². The van der Waals surface area contributed by atoms with Crippen LogP contribution in [-0.2, 0) is 14.6 Å². The van der Waals surface area contributed by atoms with E-state index in [1.54, 1.807) is 6.08 Å². The molecule has 22 heavy (non-hydrogen) atoms.